The molecule has 2 aliphatic rings. The van der Waals surface area contributed by atoms with Gasteiger partial charge in [0.1, 0.15) is 0 Å². The zero-order chi connectivity index (χ0) is 9.54. The SMILES string of the molecule is Brc1cccc2c1N1CCCC1CN2. The van der Waals surface area contributed by atoms with Crippen LogP contribution in [0.1, 0.15) is 12.8 Å². The number of halogens is 1. The summed E-state index contributed by atoms with van der Waals surface area (Å²) < 4.78 is 1.22. The van der Waals surface area contributed by atoms with Gasteiger partial charge < -0.3 is 10.2 Å². The van der Waals surface area contributed by atoms with Crippen molar-refractivity contribution in [1.82, 2.24) is 0 Å². The first-order valence-corrected chi connectivity index (χ1v) is 5.94. The maximum absolute atomic E-state index is 3.64. The van der Waals surface area contributed by atoms with Crippen molar-refractivity contribution in [3.05, 3.63) is 22.7 Å². The first-order valence-electron chi connectivity index (χ1n) is 5.15. The largest absolute Gasteiger partial charge is 0.381 e. The number of benzene rings is 1. The lowest BCUT2D eigenvalue weighted by Crippen LogP contribution is -2.39. The number of nitrogens with one attached hydrogen (secondary N) is 1. The van der Waals surface area contributed by atoms with Crippen LogP contribution >= 0.6 is 15.9 Å². The van der Waals surface area contributed by atoms with Crippen molar-refractivity contribution in [3.63, 3.8) is 0 Å². The predicted molar refractivity (Wildman–Crippen MR) is 63.0 cm³/mol. The van der Waals surface area contributed by atoms with Crippen molar-refractivity contribution in [2.24, 2.45) is 0 Å². The fourth-order valence-corrected chi connectivity index (χ4v) is 3.11. The highest BCUT2D eigenvalue weighted by Gasteiger charge is 2.30. The number of para-hydroxylation sites is 1. The minimum Gasteiger partial charge on any atom is -0.381 e. The van der Waals surface area contributed by atoms with Crippen LogP contribution in [0.4, 0.5) is 11.4 Å². The van der Waals surface area contributed by atoms with Crippen molar-refractivity contribution in [2.45, 2.75) is 18.9 Å². The summed E-state index contributed by atoms with van der Waals surface area (Å²) in [5, 5.41) is 3.50. The molecule has 0 radical (unpaired) electrons. The molecule has 0 bridgehead atoms. The van der Waals surface area contributed by atoms with E-state index in [0.29, 0.717) is 6.04 Å². The van der Waals surface area contributed by atoms with Gasteiger partial charge in [-0.3, -0.25) is 0 Å². The number of hydrogen-bond acceptors (Lipinski definition) is 2. The second-order valence-electron chi connectivity index (χ2n) is 4.01. The Morgan fingerprint density at radius 1 is 1.43 bits per heavy atom. The number of rotatable bonds is 0. The maximum Gasteiger partial charge on any atom is 0.0749 e. The van der Waals surface area contributed by atoms with Crippen LogP contribution in [0.25, 0.3) is 0 Å². The number of nitrogens with zero attached hydrogens (tertiary/aromatic N) is 1. The van der Waals surface area contributed by atoms with E-state index in [2.05, 4.69) is 44.3 Å². The highest BCUT2D eigenvalue weighted by Crippen LogP contribution is 2.40. The van der Waals surface area contributed by atoms with Crippen LogP contribution in [0.3, 0.4) is 0 Å². The van der Waals surface area contributed by atoms with E-state index in [1.54, 1.807) is 0 Å². The molecule has 1 N–H and O–H groups in total. The molecular formula is C11H13BrN2. The molecule has 1 fully saturated rings. The molecule has 1 unspecified atom stereocenters. The number of fused-ring (bicyclic) bond motifs is 3. The first kappa shape index (κ1) is 8.60. The average Bonchev–Trinajstić information content (AvgIpc) is 2.65. The molecule has 0 aliphatic carbocycles. The Bertz CT molecular complexity index is 364. The number of hydrogen-bond donors (Lipinski definition) is 1. The maximum atomic E-state index is 3.64. The van der Waals surface area contributed by atoms with Crippen LogP contribution in [0.2, 0.25) is 0 Å². The minimum atomic E-state index is 0.709. The van der Waals surface area contributed by atoms with Gasteiger partial charge in [-0.05, 0) is 40.9 Å². The summed E-state index contributed by atoms with van der Waals surface area (Å²) in [6.07, 6.45) is 2.65. The van der Waals surface area contributed by atoms with Gasteiger partial charge >= 0.3 is 0 Å². The van der Waals surface area contributed by atoms with Crippen LogP contribution in [0.5, 0.6) is 0 Å². The zero-order valence-electron chi connectivity index (χ0n) is 7.96. The molecule has 2 heterocycles. The summed E-state index contributed by atoms with van der Waals surface area (Å²) in [7, 11) is 0. The van der Waals surface area contributed by atoms with Crippen molar-refractivity contribution in [1.29, 1.82) is 0 Å². The zero-order valence-corrected chi connectivity index (χ0v) is 9.55. The van der Waals surface area contributed by atoms with Gasteiger partial charge in [0, 0.05) is 23.6 Å². The molecule has 2 aliphatic heterocycles. The lowest BCUT2D eigenvalue weighted by molar-refractivity contribution is 0.682. The van der Waals surface area contributed by atoms with Crippen LogP contribution in [-0.4, -0.2) is 19.1 Å². The molecule has 1 saturated heterocycles. The second-order valence-corrected chi connectivity index (χ2v) is 4.86. The molecule has 2 nitrogen and oxygen atoms in total. The molecule has 0 amide bonds. The minimum absolute atomic E-state index is 0.709. The van der Waals surface area contributed by atoms with E-state index in [1.165, 1.54) is 35.2 Å². The summed E-state index contributed by atoms with van der Waals surface area (Å²) in [6.45, 7) is 2.31. The van der Waals surface area contributed by atoms with Crippen LogP contribution < -0.4 is 10.2 Å². The summed E-state index contributed by atoms with van der Waals surface area (Å²) in [5.41, 5.74) is 2.64. The van der Waals surface area contributed by atoms with E-state index < -0.39 is 0 Å². The quantitative estimate of drug-likeness (QED) is 0.764. The van der Waals surface area contributed by atoms with Gasteiger partial charge in [-0.25, -0.2) is 0 Å². The lowest BCUT2D eigenvalue weighted by Gasteiger charge is -2.35. The van der Waals surface area contributed by atoms with Gasteiger partial charge in [-0.1, -0.05) is 6.07 Å². The van der Waals surface area contributed by atoms with E-state index in [4.69, 9.17) is 0 Å². The van der Waals surface area contributed by atoms with Crippen LogP contribution in [-0.2, 0) is 0 Å². The third-order valence-electron chi connectivity index (χ3n) is 3.18. The second kappa shape index (κ2) is 3.16. The molecule has 14 heavy (non-hydrogen) atoms. The topological polar surface area (TPSA) is 15.3 Å². The van der Waals surface area contributed by atoms with Gasteiger partial charge in [0.05, 0.1) is 11.4 Å². The molecular weight excluding hydrogens is 240 g/mol. The average molecular weight is 253 g/mol. The Kier molecular flexibility index (Phi) is 1.94. The van der Waals surface area contributed by atoms with Crippen molar-refractivity contribution in [3.8, 4) is 0 Å². The molecule has 74 valence electrons. The lowest BCUT2D eigenvalue weighted by atomic mass is 10.1. The fourth-order valence-electron chi connectivity index (χ4n) is 2.52. The molecule has 1 aromatic rings. The molecule has 3 heteroatoms. The molecule has 0 aromatic heterocycles. The molecule has 0 spiro atoms. The van der Waals surface area contributed by atoms with E-state index in [0.717, 1.165) is 6.54 Å². The van der Waals surface area contributed by atoms with Crippen molar-refractivity contribution < 1.29 is 0 Å². The summed E-state index contributed by atoms with van der Waals surface area (Å²) in [4.78, 5) is 2.54. The summed E-state index contributed by atoms with van der Waals surface area (Å²) in [5.74, 6) is 0. The Hall–Kier alpha value is -0.700. The normalized spacial score (nSPS) is 24.1. The smallest absolute Gasteiger partial charge is 0.0749 e. The monoisotopic (exact) mass is 252 g/mol. The summed E-state index contributed by atoms with van der Waals surface area (Å²) >= 11 is 3.64. The van der Waals surface area contributed by atoms with Gasteiger partial charge in [0.2, 0.25) is 0 Å². The van der Waals surface area contributed by atoms with E-state index in [9.17, 15) is 0 Å². The highest BCUT2D eigenvalue weighted by atomic mass is 79.9. The Morgan fingerprint density at radius 2 is 2.36 bits per heavy atom. The van der Waals surface area contributed by atoms with Gasteiger partial charge in [-0.2, -0.15) is 0 Å². The molecule has 0 saturated carbocycles. The third kappa shape index (κ3) is 1.15. The Balaban J connectivity index is 2.11. The number of anilines is 2. The van der Waals surface area contributed by atoms with Crippen LogP contribution in [0.15, 0.2) is 22.7 Å². The first-order chi connectivity index (χ1) is 6.86. The predicted octanol–water partition coefficient (Wildman–Crippen LogP) is 2.84. The van der Waals surface area contributed by atoms with Crippen molar-refractivity contribution in [2.75, 3.05) is 23.3 Å². The Morgan fingerprint density at radius 3 is 3.29 bits per heavy atom. The fraction of sp³-hybridized carbons (Fsp3) is 0.455. The van der Waals surface area contributed by atoms with Gasteiger partial charge in [0.25, 0.3) is 0 Å². The van der Waals surface area contributed by atoms with Crippen LogP contribution in [0, 0.1) is 0 Å². The van der Waals surface area contributed by atoms with E-state index in [-0.39, 0.29) is 0 Å². The standard InChI is InChI=1S/C11H13BrN2/c12-9-4-1-5-10-11(9)14-6-2-3-8(14)7-13-10/h1,4-5,8,13H,2-3,6-7H2. The third-order valence-corrected chi connectivity index (χ3v) is 3.82. The van der Waals surface area contributed by atoms with E-state index >= 15 is 0 Å². The van der Waals surface area contributed by atoms with Gasteiger partial charge in [0.15, 0.2) is 0 Å². The van der Waals surface area contributed by atoms with Crippen molar-refractivity contribution >= 4 is 27.3 Å². The molecule has 1 atom stereocenters. The molecule has 3 rings (SSSR count). The van der Waals surface area contributed by atoms with E-state index in [1.807, 2.05) is 0 Å². The highest BCUT2D eigenvalue weighted by molar-refractivity contribution is 9.10. The Labute approximate surface area is 92.4 Å². The molecule has 1 aromatic carbocycles. The summed E-state index contributed by atoms with van der Waals surface area (Å²) in [6, 6.07) is 7.09. The van der Waals surface area contributed by atoms with Gasteiger partial charge in [-0.15, -0.1) is 0 Å².